The summed E-state index contributed by atoms with van der Waals surface area (Å²) in [4.78, 5) is 22.1. The Kier molecular flexibility index (Phi) is 4.51. The van der Waals surface area contributed by atoms with Gasteiger partial charge in [-0.15, -0.1) is 0 Å². The number of nitrogens with one attached hydrogen (secondary N) is 1. The smallest absolute Gasteiger partial charge is 0.221 e. The molecule has 0 aliphatic rings. The van der Waals surface area contributed by atoms with E-state index < -0.39 is 0 Å². The van der Waals surface area contributed by atoms with E-state index in [1.165, 1.54) is 21.1 Å². The molecule has 0 heterocycles. The van der Waals surface area contributed by atoms with Gasteiger partial charge in [-0.1, -0.05) is 0 Å². The maximum atomic E-state index is 11.1. The Bertz CT molecular complexity index is 459. The number of benzene rings is 1. The lowest BCUT2D eigenvalue weighted by atomic mass is 10.1. The van der Waals surface area contributed by atoms with E-state index in [1.54, 1.807) is 6.07 Å². The molecular formula is C11H12BrNO4. The summed E-state index contributed by atoms with van der Waals surface area (Å²) in [5.74, 6) is 0.476. The minimum Gasteiger partial charge on any atom is -0.495 e. The Morgan fingerprint density at radius 3 is 2.47 bits per heavy atom. The van der Waals surface area contributed by atoms with Crippen LogP contribution in [-0.4, -0.2) is 26.4 Å². The number of hydrogen-bond acceptors (Lipinski definition) is 4. The lowest BCUT2D eigenvalue weighted by Gasteiger charge is -2.15. The molecule has 0 aliphatic carbocycles. The Labute approximate surface area is 107 Å². The van der Waals surface area contributed by atoms with E-state index in [4.69, 9.17) is 9.47 Å². The third kappa shape index (κ3) is 2.76. The number of halogens is 1. The first-order valence-electron chi connectivity index (χ1n) is 4.72. The number of hydrogen-bond donors (Lipinski definition) is 1. The van der Waals surface area contributed by atoms with Crippen LogP contribution in [0.5, 0.6) is 11.5 Å². The number of aldehydes is 1. The third-order valence-corrected chi connectivity index (χ3v) is 2.89. The van der Waals surface area contributed by atoms with Crippen molar-refractivity contribution in [3.05, 3.63) is 16.1 Å². The quantitative estimate of drug-likeness (QED) is 0.866. The fourth-order valence-corrected chi connectivity index (χ4v) is 1.94. The first-order valence-corrected chi connectivity index (χ1v) is 5.51. The van der Waals surface area contributed by atoms with Crippen LogP contribution in [0.1, 0.15) is 17.3 Å². The highest BCUT2D eigenvalue weighted by Crippen LogP contribution is 2.40. The van der Waals surface area contributed by atoms with Gasteiger partial charge in [-0.3, -0.25) is 9.59 Å². The first kappa shape index (κ1) is 13.5. The molecular weight excluding hydrogens is 290 g/mol. The van der Waals surface area contributed by atoms with Crippen molar-refractivity contribution in [3.63, 3.8) is 0 Å². The number of amides is 1. The number of ether oxygens (including phenoxy) is 2. The summed E-state index contributed by atoms with van der Waals surface area (Å²) < 4.78 is 10.7. The predicted octanol–water partition coefficient (Wildman–Crippen LogP) is 2.24. The highest BCUT2D eigenvalue weighted by atomic mass is 79.9. The number of rotatable bonds is 4. The molecule has 0 saturated carbocycles. The molecule has 0 saturated heterocycles. The molecule has 0 bridgehead atoms. The first-order chi connectivity index (χ1) is 8.04. The Morgan fingerprint density at radius 1 is 1.41 bits per heavy atom. The monoisotopic (exact) mass is 301 g/mol. The van der Waals surface area contributed by atoms with Crippen molar-refractivity contribution >= 4 is 33.8 Å². The van der Waals surface area contributed by atoms with Gasteiger partial charge in [0.25, 0.3) is 0 Å². The summed E-state index contributed by atoms with van der Waals surface area (Å²) in [7, 11) is 2.89. The van der Waals surface area contributed by atoms with E-state index in [0.29, 0.717) is 27.9 Å². The average Bonchev–Trinajstić information content (AvgIpc) is 2.29. The predicted molar refractivity (Wildman–Crippen MR) is 66.9 cm³/mol. The molecule has 1 aromatic carbocycles. The van der Waals surface area contributed by atoms with Crippen LogP contribution < -0.4 is 14.8 Å². The number of carbonyl (C=O) groups is 2. The normalized spacial score (nSPS) is 9.65. The summed E-state index contributed by atoms with van der Waals surface area (Å²) in [6, 6.07) is 1.58. The average molecular weight is 302 g/mol. The molecule has 1 aromatic rings. The molecule has 1 amide bonds. The van der Waals surface area contributed by atoms with Crippen molar-refractivity contribution in [1.82, 2.24) is 0 Å². The summed E-state index contributed by atoms with van der Waals surface area (Å²) in [5.41, 5.74) is 0.678. The van der Waals surface area contributed by atoms with Crippen LogP contribution in [0.4, 0.5) is 5.69 Å². The molecule has 6 heteroatoms. The van der Waals surface area contributed by atoms with Crippen molar-refractivity contribution in [3.8, 4) is 11.5 Å². The maximum Gasteiger partial charge on any atom is 0.221 e. The molecule has 1 rings (SSSR count). The van der Waals surface area contributed by atoms with Crippen molar-refractivity contribution in [2.75, 3.05) is 19.5 Å². The zero-order valence-electron chi connectivity index (χ0n) is 9.67. The van der Waals surface area contributed by atoms with Crippen LogP contribution >= 0.6 is 15.9 Å². The molecule has 0 spiro atoms. The lowest BCUT2D eigenvalue weighted by molar-refractivity contribution is -0.114. The SMILES string of the molecule is COc1cc(NC(C)=O)c(OC)c(C=O)c1Br. The van der Waals surface area contributed by atoms with E-state index in [0.717, 1.165) is 0 Å². The number of methoxy groups -OCH3 is 2. The topological polar surface area (TPSA) is 64.6 Å². The molecule has 1 N–H and O–H groups in total. The summed E-state index contributed by atoms with van der Waals surface area (Å²) in [6.45, 7) is 1.37. The van der Waals surface area contributed by atoms with Crippen molar-refractivity contribution < 1.29 is 19.1 Å². The second-order valence-corrected chi connectivity index (χ2v) is 3.98. The van der Waals surface area contributed by atoms with Gasteiger partial charge >= 0.3 is 0 Å². The van der Waals surface area contributed by atoms with Crippen LogP contribution in [0.15, 0.2) is 10.5 Å². The second kappa shape index (κ2) is 5.67. The van der Waals surface area contributed by atoms with Gasteiger partial charge in [-0.25, -0.2) is 0 Å². The van der Waals surface area contributed by atoms with Gasteiger partial charge in [0.2, 0.25) is 5.91 Å². The summed E-state index contributed by atoms with van der Waals surface area (Å²) in [6.07, 6.45) is 0.636. The van der Waals surface area contributed by atoms with Crippen LogP contribution in [0.3, 0.4) is 0 Å². The summed E-state index contributed by atoms with van der Waals surface area (Å²) >= 11 is 3.24. The zero-order chi connectivity index (χ0) is 13.0. The van der Waals surface area contributed by atoms with Crippen LogP contribution in [0.2, 0.25) is 0 Å². The molecule has 0 fully saturated rings. The van der Waals surface area contributed by atoms with Gasteiger partial charge in [0, 0.05) is 13.0 Å². The zero-order valence-corrected chi connectivity index (χ0v) is 11.3. The largest absolute Gasteiger partial charge is 0.495 e. The van der Waals surface area contributed by atoms with E-state index in [-0.39, 0.29) is 11.5 Å². The molecule has 0 aromatic heterocycles. The van der Waals surface area contributed by atoms with Crippen LogP contribution in [-0.2, 0) is 4.79 Å². The van der Waals surface area contributed by atoms with E-state index >= 15 is 0 Å². The minimum atomic E-state index is -0.260. The van der Waals surface area contributed by atoms with Gasteiger partial charge < -0.3 is 14.8 Å². The molecule has 0 unspecified atom stereocenters. The maximum absolute atomic E-state index is 11.1. The van der Waals surface area contributed by atoms with Gasteiger partial charge in [0.15, 0.2) is 12.0 Å². The van der Waals surface area contributed by atoms with Gasteiger partial charge in [0.05, 0.1) is 29.9 Å². The Hall–Kier alpha value is -1.56. The molecule has 5 nitrogen and oxygen atoms in total. The molecule has 0 atom stereocenters. The molecule has 0 radical (unpaired) electrons. The Morgan fingerprint density at radius 2 is 2.06 bits per heavy atom. The van der Waals surface area contributed by atoms with Crippen molar-refractivity contribution in [1.29, 1.82) is 0 Å². The number of carbonyl (C=O) groups excluding carboxylic acids is 2. The highest BCUT2D eigenvalue weighted by Gasteiger charge is 2.18. The Balaban J connectivity index is 3.46. The third-order valence-electron chi connectivity index (χ3n) is 2.07. The second-order valence-electron chi connectivity index (χ2n) is 3.19. The minimum absolute atomic E-state index is 0.260. The van der Waals surface area contributed by atoms with Crippen molar-refractivity contribution in [2.45, 2.75) is 6.92 Å². The van der Waals surface area contributed by atoms with Crippen LogP contribution in [0, 0.1) is 0 Å². The van der Waals surface area contributed by atoms with Gasteiger partial charge in [0.1, 0.15) is 5.75 Å². The molecule has 0 aliphatic heterocycles. The van der Waals surface area contributed by atoms with E-state index in [9.17, 15) is 9.59 Å². The fraction of sp³-hybridized carbons (Fsp3) is 0.273. The van der Waals surface area contributed by atoms with Crippen LogP contribution in [0.25, 0.3) is 0 Å². The van der Waals surface area contributed by atoms with Gasteiger partial charge in [-0.2, -0.15) is 0 Å². The van der Waals surface area contributed by atoms with E-state index in [2.05, 4.69) is 21.2 Å². The fourth-order valence-electron chi connectivity index (χ4n) is 1.39. The van der Waals surface area contributed by atoms with E-state index in [1.807, 2.05) is 0 Å². The summed E-state index contributed by atoms with van der Waals surface area (Å²) in [5, 5.41) is 2.58. The standard InChI is InChI=1S/C11H12BrNO4/c1-6(15)13-8-4-9(16-2)10(12)7(5-14)11(8)17-3/h4-5H,1-3H3,(H,13,15). The highest BCUT2D eigenvalue weighted by molar-refractivity contribution is 9.10. The van der Waals surface area contributed by atoms with Crippen molar-refractivity contribution in [2.24, 2.45) is 0 Å². The molecule has 92 valence electrons. The van der Waals surface area contributed by atoms with Gasteiger partial charge in [-0.05, 0) is 15.9 Å². The molecule has 17 heavy (non-hydrogen) atoms. The number of anilines is 1. The lowest BCUT2D eigenvalue weighted by Crippen LogP contribution is -2.09.